The van der Waals surface area contributed by atoms with Crippen molar-refractivity contribution < 1.29 is 14.3 Å². The minimum absolute atomic E-state index is 0.0493. The average Bonchev–Trinajstić information content (AvgIpc) is 2.73. The van der Waals surface area contributed by atoms with E-state index in [2.05, 4.69) is 5.32 Å². The molecule has 2 aromatic rings. The van der Waals surface area contributed by atoms with Crippen molar-refractivity contribution >= 4 is 23.4 Å². The number of benzene rings is 2. The standard InChI is InChI=1S/C24H31ClN2O3/c1-5-17(3)26-24(29)22(6-2)27(16-19-10-8-12-21(14-19)30-4)23(28)15-18-9-7-11-20(25)13-18/h7-14,17,22H,5-6,15-16H2,1-4H3,(H,26,29)/t17-,22-/m0/s1. The van der Waals surface area contributed by atoms with Crippen molar-refractivity contribution in [3.8, 4) is 5.75 Å². The first-order valence-electron chi connectivity index (χ1n) is 10.3. The molecule has 0 bridgehead atoms. The molecule has 2 atom stereocenters. The Morgan fingerprint density at radius 1 is 1.07 bits per heavy atom. The highest BCUT2D eigenvalue weighted by molar-refractivity contribution is 6.30. The van der Waals surface area contributed by atoms with E-state index in [1.54, 1.807) is 24.1 Å². The Balaban J connectivity index is 2.31. The van der Waals surface area contributed by atoms with Crippen LogP contribution in [0, 0.1) is 0 Å². The lowest BCUT2D eigenvalue weighted by Gasteiger charge is -2.31. The van der Waals surface area contributed by atoms with Gasteiger partial charge in [0.1, 0.15) is 11.8 Å². The smallest absolute Gasteiger partial charge is 0.243 e. The molecule has 0 saturated carbocycles. The lowest BCUT2D eigenvalue weighted by Crippen LogP contribution is -2.51. The zero-order valence-electron chi connectivity index (χ0n) is 18.2. The van der Waals surface area contributed by atoms with Crippen molar-refractivity contribution in [1.82, 2.24) is 10.2 Å². The minimum Gasteiger partial charge on any atom is -0.497 e. The van der Waals surface area contributed by atoms with E-state index in [0.717, 1.165) is 17.5 Å². The summed E-state index contributed by atoms with van der Waals surface area (Å²) < 4.78 is 5.31. The molecule has 0 aliphatic rings. The number of halogens is 1. The second kappa shape index (κ2) is 11.6. The highest BCUT2D eigenvalue weighted by Gasteiger charge is 2.29. The first-order valence-corrected chi connectivity index (χ1v) is 10.7. The highest BCUT2D eigenvalue weighted by atomic mass is 35.5. The number of carbonyl (C=O) groups is 2. The van der Waals surface area contributed by atoms with Gasteiger partial charge in [0.2, 0.25) is 11.8 Å². The predicted octanol–water partition coefficient (Wildman–Crippen LogP) is 4.61. The molecule has 0 unspecified atom stereocenters. The number of rotatable bonds is 10. The molecule has 2 aromatic carbocycles. The Morgan fingerprint density at radius 3 is 2.40 bits per heavy atom. The van der Waals surface area contributed by atoms with Crippen molar-refractivity contribution in [3.63, 3.8) is 0 Å². The van der Waals surface area contributed by atoms with E-state index in [1.165, 1.54) is 0 Å². The van der Waals surface area contributed by atoms with Crippen LogP contribution in [0.15, 0.2) is 48.5 Å². The molecule has 0 heterocycles. The van der Waals surface area contributed by atoms with Gasteiger partial charge < -0.3 is 15.0 Å². The first-order chi connectivity index (χ1) is 14.4. The Morgan fingerprint density at radius 2 is 1.77 bits per heavy atom. The predicted molar refractivity (Wildman–Crippen MR) is 121 cm³/mol. The number of hydrogen-bond donors (Lipinski definition) is 1. The van der Waals surface area contributed by atoms with Gasteiger partial charge >= 0.3 is 0 Å². The van der Waals surface area contributed by atoms with Crippen LogP contribution in [0.3, 0.4) is 0 Å². The number of amides is 2. The summed E-state index contributed by atoms with van der Waals surface area (Å²) in [5.41, 5.74) is 1.73. The SMILES string of the molecule is CC[C@H](C)NC(=O)[C@H](CC)N(Cc1cccc(OC)c1)C(=O)Cc1cccc(Cl)c1. The molecule has 0 fully saturated rings. The van der Waals surface area contributed by atoms with Crippen molar-refractivity contribution in [1.29, 1.82) is 0 Å². The number of methoxy groups -OCH3 is 1. The van der Waals surface area contributed by atoms with E-state index in [9.17, 15) is 9.59 Å². The molecular formula is C24H31ClN2O3. The Labute approximate surface area is 184 Å². The van der Waals surface area contributed by atoms with Gasteiger partial charge in [-0.3, -0.25) is 9.59 Å². The van der Waals surface area contributed by atoms with Crippen LogP contribution in [0.4, 0.5) is 0 Å². The summed E-state index contributed by atoms with van der Waals surface area (Å²) in [6, 6.07) is 14.3. The number of nitrogens with one attached hydrogen (secondary N) is 1. The van der Waals surface area contributed by atoms with E-state index in [0.29, 0.717) is 23.7 Å². The van der Waals surface area contributed by atoms with Crippen LogP contribution in [0.1, 0.15) is 44.7 Å². The first kappa shape index (κ1) is 23.7. The van der Waals surface area contributed by atoms with Crippen molar-refractivity contribution in [2.24, 2.45) is 0 Å². The van der Waals surface area contributed by atoms with Crippen LogP contribution in [0.2, 0.25) is 5.02 Å². The molecule has 0 saturated heterocycles. The number of ether oxygens (including phenoxy) is 1. The van der Waals surface area contributed by atoms with Crippen LogP contribution >= 0.6 is 11.6 Å². The van der Waals surface area contributed by atoms with Gasteiger partial charge in [-0.1, -0.05) is 49.7 Å². The van der Waals surface area contributed by atoms with Crippen LogP contribution in [0.25, 0.3) is 0 Å². The number of nitrogens with zero attached hydrogens (tertiary/aromatic N) is 1. The lowest BCUT2D eigenvalue weighted by atomic mass is 10.1. The molecule has 0 aliphatic carbocycles. The fourth-order valence-electron chi connectivity index (χ4n) is 3.25. The van der Waals surface area contributed by atoms with Gasteiger partial charge in [0.05, 0.1) is 13.5 Å². The van der Waals surface area contributed by atoms with Crippen molar-refractivity contribution in [3.05, 3.63) is 64.7 Å². The molecular weight excluding hydrogens is 400 g/mol. The van der Waals surface area contributed by atoms with E-state index in [4.69, 9.17) is 16.3 Å². The number of carbonyl (C=O) groups excluding carboxylic acids is 2. The number of hydrogen-bond acceptors (Lipinski definition) is 3. The summed E-state index contributed by atoms with van der Waals surface area (Å²) in [4.78, 5) is 27.9. The summed E-state index contributed by atoms with van der Waals surface area (Å²) >= 11 is 6.08. The maximum Gasteiger partial charge on any atom is 0.243 e. The minimum atomic E-state index is -0.558. The zero-order valence-corrected chi connectivity index (χ0v) is 18.9. The molecule has 5 nitrogen and oxygen atoms in total. The molecule has 162 valence electrons. The van der Waals surface area contributed by atoms with Crippen LogP contribution < -0.4 is 10.1 Å². The summed E-state index contributed by atoms with van der Waals surface area (Å²) in [5, 5.41) is 3.60. The second-order valence-corrected chi connectivity index (χ2v) is 7.86. The Bertz CT molecular complexity index is 856. The topological polar surface area (TPSA) is 58.6 Å². The summed E-state index contributed by atoms with van der Waals surface area (Å²) in [6.45, 7) is 6.23. The van der Waals surface area contributed by atoms with E-state index >= 15 is 0 Å². The van der Waals surface area contributed by atoms with Gasteiger partial charge in [-0.25, -0.2) is 0 Å². The molecule has 6 heteroatoms. The van der Waals surface area contributed by atoms with Crippen LogP contribution in [-0.4, -0.2) is 35.9 Å². The summed E-state index contributed by atoms with van der Waals surface area (Å²) in [7, 11) is 1.61. The van der Waals surface area contributed by atoms with Crippen molar-refractivity contribution in [2.45, 2.75) is 58.7 Å². The molecule has 0 aliphatic heterocycles. The maximum atomic E-state index is 13.3. The third-order valence-electron chi connectivity index (χ3n) is 5.12. The Hall–Kier alpha value is -2.53. The largest absolute Gasteiger partial charge is 0.497 e. The third-order valence-corrected chi connectivity index (χ3v) is 5.35. The molecule has 30 heavy (non-hydrogen) atoms. The monoisotopic (exact) mass is 430 g/mol. The molecule has 0 aromatic heterocycles. The molecule has 0 spiro atoms. The van der Waals surface area contributed by atoms with Gasteiger partial charge in [-0.05, 0) is 55.2 Å². The fraction of sp³-hybridized carbons (Fsp3) is 0.417. The lowest BCUT2D eigenvalue weighted by molar-refractivity contribution is -0.141. The normalized spacial score (nSPS) is 12.7. The molecule has 1 N–H and O–H groups in total. The van der Waals surface area contributed by atoms with Gasteiger partial charge in [0.25, 0.3) is 0 Å². The quantitative estimate of drug-likeness (QED) is 0.598. The van der Waals surface area contributed by atoms with Gasteiger partial charge in [-0.2, -0.15) is 0 Å². The van der Waals surface area contributed by atoms with Gasteiger partial charge in [0, 0.05) is 17.6 Å². The van der Waals surface area contributed by atoms with Crippen LogP contribution in [-0.2, 0) is 22.6 Å². The van der Waals surface area contributed by atoms with Gasteiger partial charge in [0.15, 0.2) is 0 Å². The molecule has 0 radical (unpaired) electrons. The summed E-state index contributed by atoms with van der Waals surface area (Å²) in [6.07, 6.45) is 1.53. The van der Waals surface area contributed by atoms with Gasteiger partial charge in [-0.15, -0.1) is 0 Å². The highest BCUT2D eigenvalue weighted by Crippen LogP contribution is 2.19. The third kappa shape index (κ3) is 6.77. The van der Waals surface area contributed by atoms with E-state index < -0.39 is 6.04 Å². The molecule has 2 amide bonds. The average molecular weight is 431 g/mol. The maximum absolute atomic E-state index is 13.3. The Kier molecular flexibility index (Phi) is 9.18. The van der Waals surface area contributed by atoms with Crippen LogP contribution in [0.5, 0.6) is 5.75 Å². The summed E-state index contributed by atoms with van der Waals surface area (Å²) in [5.74, 6) is 0.465. The van der Waals surface area contributed by atoms with Crippen molar-refractivity contribution in [2.75, 3.05) is 7.11 Å². The fourth-order valence-corrected chi connectivity index (χ4v) is 3.46. The zero-order chi connectivity index (χ0) is 22.1. The van der Waals surface area contributed by atoms with E-state index in [1.807, 2.05) is 57.2 Å². The van der Waals surface area contributed by atoms with E-state index in [-0.39, 0.29) is 24.3 Å². The molecule has 2 rings (SSSR count). The second-order valence-electron chi connectivity index (χ2n) is 7.42.